The molecule has 3 aromatic rings. The quantitative estimate of drug-likeness (QED) is 0.351. The van der Waals surface area contributed by atoms with Gasteiger partial charge < -0.3 is 10.6 Å². The Morgan fingerprint density at radius 1 is 0.892 bits per heavy atom. The number of benzene rings is 3. The van der Waals surface area contributed by atoms with E-state index in [9.17, 15) is 27.6 Å². The molecule has 190 valence electrons. The molecular formula is C26H18Cl2F3N3O3. The van der Waals surface area contributed by atoms with Gasteiger partial charge in [-0.15, -0.1) is 0 Å². The number of amides is 3. The third-order valence-corrected chi connectivity index (χ3v) is 6.19. The number of hydrogen-bond donors (Lipinski definition) is 2. The molecule has 0 atom stereocenters. The fourth-order valence-electron chi connectivity index (χ4n) is 3.62. The molecule has 0 bridgehead atoms. The van der Waals surface area contributed by atoms with Crippen LogP contribution in [0.1, 0.15) is 21.5 Å². The first-order valence-electron chi connectivity index (χ1n) is 10.9. The molecule has 4 rings (SSSR count). The predicted molar refractivity (Wildman–Crippen MR) is 134 cm³/mol. The Kier molecular flexibility index (Phi) is 7.56. The zero-order valence-electron chi connectivity index (χ0n) is 18.9. The third-order valence-electron chi connectivity index (χ3n) is 5.51. The lowest BCUT2D eigenvalue weighted by Gasteiger charge is -2.15. The van der Waals surface area contributed by atoms with E-state index in [0.717, 1.165) is 28.7 Å². The van der Waals surface area contributed by atoms with Gasteiger partial charge >= 0.3 is 6.18 Å². The number of nitrogens with zero attached hydrogens (tertiary/aromatic N) is 1. The highest BCUT2D eigenvalue weighted by atomic mass is 35.5. The monoisotopic (exact) mass is 547 g/mol. The van der Waals surface area contributed by atoms with Crippen LogP contribution in [-0.4, -0.2) is 29.2 Å². The summed E-state index contributed by atoms with van der Waals surface area (Å²) in [5, 5.41) is 4.78. The van der Waals surface area contributed by atoms with Crippen molar-refractivity contribution >= 4 is 52.3 Å². The summed E-state index contributed by atoms with van der Waals surface area (Å²) in [6, 6.07) is 17.7. The van der Waals surface area contributed by atoms with Crippen molar-refractivity contribution in [3.8, 4) is 0 Å². The second kappa shape index (κ2) is 10.7. The van der Waals surface area contributed by atoms with E-state index in [2.05, 4.69) is 10.6 Å². The SMILES string of the molecule is O=C(Nc1cc(C(F)(F)F)ccc1Cl)c1cccc(NC2=C(Cl)C(=O)N(CCc3ccccc3)C2=O)c1. The molecule has 11 heteroatoms. The van der Waals surface area contributed by atoms with Crippen LogP contribution in [0, 0.1) is 0 Å². The van der Waals surface area contributed by atoms with Gasteiger partial charge in [0.2, 0.25) is 0 Å². The molecule has 3 aromatic carbocycles. The first-order valence-corrected chi connectivity index (χ1v) is 11.7. The van der Waals surface area contributed by atoms with Gasteiger partial charge in [0.15, 0.2) is 0 Å². The lowest BCUT2D eigenvalue weighted by molar-refractivity contribution is -0.138. The lowest BCUT2D eigenvalue weighted by atomic mass is 10.1. The minimum atomic E-state index is -4.61. The maximum absolute atomic E-state index is 13.0. The maximum Gasteiger partial charge on any atom is 0.416 e. The number of anilines is 2. The van der Waals surface area contributed by atoms with E-state index in [1.165, 1.54) is 24.3 Å². The molecule has 6 nitrogen and oxygen atoms in total. The highest BCUT2D eigenvalue weighted by molar-refractivity contribution is 6.48. The van der Waals surface area contributed by atoms with Crippen molar-refractivity contribution in [2.24, 2.45) is 0 Å². The summed E-state index contributed by atoms with van der Waals surface area (Å²) in [6.45, 7) is 0.128. The van der Waals surface area contributed by atoms with Crippen LogP contribution in [0.15, 0.2) is 83.5 Å². The molecule has 3 amide bonds. The second-order valence-electron chi connectivity index (χ2n) is 8.04. The summed E-state index contributed by atoms with van der Waals surface area (Å²) in [7, 11) is 0. The molecule has 1 aliphatic heterocycles. The van der Waals surface area contributed by atoms with Gasteiger partial charge in [-0.1, -0.05) is 59.6 Å². The zero-order chi connectivity index (χ0) is 26.7. The Labute approximate surface area is 219 Å². The lowest BCUT2D eigenvalue weighted by Crippen LogP contribution is -2.34. The number of imide groups is 1. The summed E-state index contributed by atoms with van der Waals surface area (Å²) < 4.78 is 39.1. The highest BCUT2D eigenvalue weighted by Crippen LogP contribution is 2.34. The normalized spacial score (nSPS) is 13.8. The van der Waals surface area contributed by atoms with Crippen LogP contribution < -0.4 is 10.6 Å². The van der Waals surface area contributed by atoms with Crippen molar-refractivity contribution in [2.45, 2.75) is 12.6 Å². The average Bonchev–Trinajstić information content (AvgIpc) is 3.07. The van der Waals surface area contributed by atoms with Crippen molar-refractivity contribution in [2.75, 3.05) is 17.2 Å². The number of halogens is 5. The fraction of sp³-hybridized carbons (Fsp3) is 0.115. The predicted octanol–water partition coefficient (Wildman–Crippen LogP) is 6.08. The second-order valence-corrected chi connectivity index (χ2v) is 8.82. The van der Waals surface area contributed by atoms with Crippen LogP contribution in [0.4, 0.5) is 24.5 Å². The molecule has 0 saturated heterocycles. The smallest absolute Gasteiger partial charge is 0.350 e. The minimum Gasteiger partial charge on any atom is -0.350 e. The number of nitrogens with one attached hydrogen (secondary N) is 2. The van der Waals surface area contributed by atoms with E-state index in [1.807, 2.05) is 30.3 Å². The summed E-state index contributed by atoms with van der Waals surface area (Å²) in [4.78, 5) is 39.2. The molecule has 1 aliphatic rings. The van der Waals surface area contributed by atoms with Gasteiger partial charge in [0, 0.05) is 17.8 Å². The molecule has 1 heterocycles. The van der Waals surface area contributed by atoms with Crippen LogP contribution >= 0.6 is 23.2 Å². The first kappa shape index (κ1) is 26.2. The standard InChI is InChI=1S/C26H18Cl2F3N3O3/c27-19-10-9-17(26(29,30)31)14-20(19)33-23(35)16-7-4-8-18(13-16)32-22-21(28)24(36)34(25(22)37)12-11-15-5-2-1-3-6-15/h1-10,13-14,32H,11-12H2,(H,33,35). The molecular weight excluding hydrogens is 530 g/mol. The molecule has 2 N–H and O–H groups in total. The van der Waals surface area contributed by atoms with Crippen LogP contribution in [0.3, 0.4) is 0 Å². The molecule has 0 radical (unpaired) electrons. The van der Waals surface area contributed by atoms with Gasteiger partial charge in [-0.2, -0.15) is 13.2 Å². The highest BCUT2D eigenvalue weighted by Gasteiger charge is 2.37. The van der Waals surface area contributed by atoms with Crippen molar-refractivity contribution in [1.29, 1.82) is 0 Å². The first-order chi connectivity index (χ1) is 17.5. The van der Waals surface area contributed by atoms with E-state index in [4.69, 9.17) is 23.2 Å². The number of alkyl halides is 3. The third kappa shape index (κ3) is 5.95. The van der Waals surface area contributed by atoms with Gasteiger partial charge in [0.1, 0.15) is 10.7 Å². The molecule has 0 unspecified atom stereocenters. The Balaban J connectivity index is 1.47. The maximum atomic E-state index is 13.0. The van der Waals surface area contributed by atoms with Crippen molar-refractivity contribution in [3.63, 3.8) is 0 Å². The summed E-state index contributed by atoms with van der Waals surface area (Å²) >= 11 is 12.1. The minimum absolute atomic E-state index is 0.0629. The van der Waals surface area contributed by atoms with Crippen molar-refractivity contribution in [3.05, 3.63) is 105 Å². The van der Waals surface area contributed by atoms with Gasteiger partial charge in [-0.3, -0.25) is 19.3 Å². The van der Waals surface area contributed by atoms with Crippen LogP contribution in [-0.2, 0) is 22.2 Å². The van der Waals surface area contributed by atoms with Gasteiger partial charge in [-0.25, -0.2) is 0 Å². The van der Waals surface area contributed by atoms with Gasteiger partial charge in [0.25, 0.3) is 17.7 Å². The molecule has 37 heavy (non-hydrogen) atoms. The van der Waals surface area contributed by atoms with E-state index in [-0.39, 0.29) is 39.2 Å². The number of carbonyl (C=O) groups is 3. The van der Waals surface area contributed by atoms with Gasteiger partial charge in [0.05, 0.1) is 16.3 Å². The topological polar surface area (TPSA) is 78.5 Å². The van der Waals surface area contributed by atoms with Crippen molar-refractivity contribution in [1.82, 2.24) is 4.90 Å². The van der Waals surface area contributed by atoms with E-state index >= 15 is 0 Å². The van der Waals surface area contributed by atoms with Crippen LogP contribution in [0.5, 0.6) is 0 Å². The number of carbonyl (C=O) groups excluding carboxylic acids is 3. The van der Waals surface area contributed by atoms with Gasteiger partial charge in [-0.05, 0) is 48.4 Å². The molecule has 0 fully saturated rings. The molecule has 0 saturated carbocycles. The van der Waals surface area contributed by atoms with E-state index < -0.39 is 29.5 Å². The Morgan fingerprint density at radius 3 is 2.32 bits per heavy atom. The number of rotatable bonds is 7. The van der Waals surface area contributed by atoms with Crippen LogP contribution in [0.25, 0.3) is 0 Å². The van der Waals surface area contributed by atoms with E-state index in [0.29, 0.717) is 6.42 Å². The summed E-state index contributed by atoms with van der Waals surface area (Å²) in [5.74, 6) is -1.99. The Morgan fingerprint density at radius 2 is 1.62 bits per heavy atom. The zero-order valence-corrected chi connectivity index (χ0v) is 20.4. The largest absolute Gasteiger partial charge is 0.416 e. The van der Waals surface area contributed by atoms with E-state index in [1.54, 1.807) is 0 Å². The van der Waals surface area contributed by atoms with Crippen LogP contribution in [0.2, 0.25) is 5.02 Å². The summed E-state index contributed by atoms with van der Waals surface area (Å²) in [5.41, 5.74) is -0.0463. The molecule has 0 aliphatic carbocycles. The summed E-state index contributed by atoms with van der Waals surface area (Å²) in [6.07, 6.45) is -4.16. The molecule has 0 aromatic heterocycles. The number of hydrogen-bond acceptors (Lipinski definition) is 4. The average molecular weight is 548 g/mol. The van der Waals surface area contributed by atoms with Crippen molar-refractivity contribution < 1.29 is 27.6 Å². The molecule has 0 spiro atoms. The Bertz CT molecular complexity index is 1410. The fourth-order valence-corrected chi connectivity index (χ4v) is 4.01. The Hall–Kier alpha value is -3.82.